The zero-order valence-electron chi connectivity index (χ0n) is 14.6. The number of nitrogens with zero attached hydrogens (tertiary/aromatic N) is 2. The quantitative estimate of drug-likeness (QED) is 0.820. The van der Waals surface area contributed by atoms with Crippen molar-refractivity contribution in [3.63, 3.8) is 0 Å². The number of pyridine rings is 1. The van der Waals surface area contributed by atoms with Crippen LogP contribution >= 0.6 is 11.6 Å². The third-order valence-electron chi connectivity index (χ3n) is 4.94. The van der Waals surface area contributed by atoms with Crippen LogP contribution < -0.4 is 15.5 Å². The highest BCUT2D eigenvalue weighted by atomic mass is 35.5. The van der Waals surface area contributed by atoms with E-state index in [1.807, 2.05) is 24.3 Å². The van der Waals surface area contributed by atoms with Crippen molar-refractivity contribution in [3.05, 3.63) is 58.7 Å². The normalized spacial score (nSPS) is 19.6. The third-order valence-corrected chi connectivity index (χ3v) is 5.19. The molecule has 136 valence electrons. The number of anilines is 1. The molecule has 2 aliphatic rings. The summed E-state index contributed by atoms with van der Waals surface area (Å²) < 4.78 is 0. The zero-order chi connectivity index (χ0) is 17.9. The van der Waals surface area contributed by atoms with E-state index in [4.69, 9.17) is 11.6 Å². The molecule has 4 rings (SSSR count). The molecule has 6 heteroatoms. The molecular formula is C20H23ClN4O. The van der Waals surface area contributed by atoms with Crippen LogP contribution in [0.2, 0.25) is 5.02 Å². The first-order valence-corrected chi connectivity index (χ1v) is 9.55. The highest BCUT2D eigenvalue weighted by Gasteiger charge is 2.25. The molecule has 0 spiro atoms. The minimum atomic E-state index is -0.0181. The van der Waals surface area contributed by atoms with Gasteiger partial charge in [-0.2, -0.15) is 0 Å². The van der Waals surface area contributed by atoms with Crippen molar-refractivity contribution in [3.8, 4) is 0 Å². The van der Waals surface area contributed by atoms with Crippen LogP contribution in [0.3, 0.4) is 0 Å². The number of carbonyl (C=O) groups is 1. The van der Waals surface area contributed by atoms with E-state index in [-0.39, 0.29) is 5.91 Å². The van der Waals surface area contributed by atoms with Crippen molar-refractivity contribution in [1.29, 1.82) is 0 Å². The first-order chi connectivity index (χ1) is 12.7. The van der Waals surface area contributed by atoms with Crippen LogP contribution in [0.4, 0.5) is 5.82 Å². The van der Waals surface area contributed by atoms with Crippen molar-refractivity contribution in [2.45, 2.75) is 37.9 Å². The molecule has 1 saturated carbocycles. The molecule has 1 aromatic carbocycles. The number of aromatic nitrogens is 1. The molecule has 0 unspecified atom stereocenters. The molecule has 2 aromatic rings. The van der Waals surface area contributed by atoms with Gasteiger partial charge >= 0.3 is 0 Å². The van der Waals surface area contributed by atoms with Crippen molar-refractivity contribution in [1.82, 2.24) is 15.6 Å². The number of halogens is 1. The number of rotatable bonds is 6. The molecule has 1 aromatic heterocycles. The van der Waals surface area contributed by atoms with Crippen LogP contribution in [-0.4, -0.2) is 36.1 Å². The van der Waals surface area contributed by atoms with Crippen LogP contribution in [0.1, 0.15) is 35.2 Å². The summed E-state index contributed by atoms with van der Waals surface area (Å²) >= 11 is 5.93. The minimum Gasteiger partial charge on any atom is -0.355 e. The molecule has 1 atom stereocenters. The van der Waals surface area contributed by atoms with Crippen LogP contribution in [0.5, 0.6) is 0 Å². The molecule has 0 bridgehead atoms. The summed E-state index contributed by atoms with van der Waals surface area (Å²) in [5, 5.41) is 7.35. The van der Waals surface area contributed by atoms with E-state index in [9.17, 15) is 4.79 Å². The fourth-order valence-electron chi connectivity index (χ4n) is 3.20. The van der Waals surface area contributed by atoms with Gasteiger partial charge in [-0.05, 0) is 49.1 Å². The fraction of sp³-hybridized carbons (Fsp3) is 0.400. The third kappa shape index (κ3) is 4.34. The standard InChI is InChI=1S/C20H23ClN4O/c21-16-4-1-14(2-5-16)11-22-18-9-10-25(13-18)19-8-3-15(12-23-19)20(26)24-17-6-7-17/h1-5,8,12,17-18,22H,6-7,9-11,13H2,(H,24,26)/t18-/m1/s1. The maximum absolute atomic E-state index is 12.0. The molecule has 2 heterocycles. The number of carbonyl (C=O) groups excluding carboxylic acids is 1. The smallest absolute Gasteiger partial charge is 0.253 e. The lowest BCUT2D eigenvalue weighted by Crippen LogP contribution is -2.32. The highest BCUT2D eigenvalue weighted by Crippen LogP contribution is 2.21. The molecule has 0 radical (unpaired) electrons. The largest absolute Gasteiger partial charge is 0.355 e. The summed E-state index contributed by atoms with van der Waals surface area (Å²) in [6.45, 7) is 2.73. The Hall–Kier alpha value is -2.11. The van der Waals surface area contributed by atoms with E-state index >= 15 is 0 Å². The second kappa shape index (κ2) is 7.64. The average Bonchev–Trinajstić information content (AvgIpc) is 3.35. The number of nitrogens with one attached hydrogen (secondary N) is 2. The molecule has 1 aliphatic carbocycles. The molecule has 1 amide bonds. The Bertz CT molecular complexity index is 758. The predicted molar refractivity (Wildman–Crippen MR) is 104 cm³/mol. The van der Waals surface area contributed by atoms with E-state index in [1.165, 1.54) is 5.56 Å². The first kappa shape index (κ1) is 17.3. The topological polar surface area (TPSA) is 57.3 Å². The van der Waals surface area contributed by atoms with Crippen LogP contribution in [0.15, 0.2) is 42.6 Å². The second-order valence-corrected chi connectivity index (χ2v) is 7.53. The van der Waals surface area contributed by atoms with Gasteiger partial charge in [-0.15, -0.1) is 0 Å². The Kier molecular flexibility index (Phi) is 5.09. The van der Waals surface area contributed by atoms with Gasteiger partial charge in [0.15, 0.2) is 0 Å². The summed E-state index contributed by atoms with van der Waals surface area (Å²) in [7, 11) is 0. The average molecular weight is 371 g/mol. The van der Waals surface area contributed by atoms with E-state index in [1.54, 1.807) is 6.20 Å². The van der Waals surface area contributed by atoms with Crippen molar-refractivity contribution >= 4 is 23.3 Å². The molecule has 26 heavy (non-hydrogen) atoms. The summed E-state index contributed by atoms with van der Waals surface area (Å²) in [4.78, 5) is 18.8. The highest BCUT2D eigenvalue weighted by molar-refractivity contribution is 6.30. The molecular weight excluding hydrogens is 348 g/mol. The zero-order valence-corrected chi connectivity index (χ0v) is 15.4. The molecule has 5 nitrogen and oxygen atoms in total. The van der Waals surface area contributed by atoms with Crippen molar-refractivity contribution < 1.29 is 4.79 Å². The summed E-state index contributed by atoms with van der Waals surface area (Å²) in [5.74, 6) is 0.916. The molecule has 2 fully saturated rings. The predicted octanol–water partition coefficient (Wildman–Crippen LogP) is 3.00. The Morgan fingerprint density at radius 3 is 2.62 bits per heavy atom. The van der Waals surface area contributed by atoms with Crippen LogP contribution in [0, 0.1) is 0 Å². The number of hydrogen-bond acceptors (Lipinski definition) is 4. The maximum atomic E-state index is 12.0. The Balaban J connectivity index is 1.28. The SMILES string of the molecule is O=C(NC1CC1)c1ccc(N2CC[C@@H](NCc3ccc(Cl)cc3)C2)nc1. The van der Waals surface area contributed by atoms with E-state index in [2.05, 4.69) is 32.7 Å². The lowest BCUT2D eigenvalue weighted by Gasteiger charge is -2.18. The summed E-state index contributed by atoms with van der Waals surface area (Å²) in [6.07, 6.45) is 4.95. The second-order valence-electron chi connectivity index (χ2n) is 7.09. The van der Waals surface area contributed by atoms with Gasteiger partial charge in [0.2, 0.25) is 0 Å². The summed E-state index contributed by atoms with van der Waals surface area (Å²) in [6, 6.07) is 12.6. The van der Waals surface area contributed by atoms with Crippen LogP contribution in [0.25, 0.3) is 0 Å². The number of hydrogen-bond donors (Lipinski definition) is 2. The molecule has 1 saturated heterocycles. The number of amides is 1. The van der Waals surface area contributed by atoms with Gasteiger partial charge in [0.1, 0.15) is 5.82 Å². The van der Waals surface area contributed by atoms with Gasteiger partial charge in [-0.3, -0.25) is 4.79 Å². The van der Waals surface area contributed by atoms with Gasteiger partial charge in [-0.1, -0.05) is 23.7 Å². The van der Waals surface area contributed by atoms with Gasteiger partial charge in [-0.25, -0.2) is 4.98 Å². The minimum absolute atomic E-state index is 0.0181. The Morgan fingerprint density at radius 1 is 1.12 bits per heavy atom. The van der Waals surface area contributed by atoms with Gasteiger partial charge < -0.3 is 15.5 Å². The van der Waals surface area contributed by atoms with Gasteiger partial charge in [0.25, 0.3) is 5.91 Å². The van der Waals surface area contributed by atoms with Crippen LogP contribution in [-0.2, 0) is 6.54 Å². The van der Waals surface area contributed by atoms with E-state index in [0.717, 1.165) is 49.7 Å². The molecule has 2 N–H and O–H groups in total. The van der Waals surface area contributed by atoms with Crippen molar-refractivity contribution in [2.24, 2.45) is 0 Å². The first-order valence-electron chi connectivity index (χ1n) is 9.17. The van der Waals surface area contributed by atoms with Gasteiger partial charge in [0.05, 0.1) is 5.56 Å². The lowest BCUT2D eigenvalue weighted by molar-refractivity contribution is 0.0950. The van der Waals surface area contributed by atoms with E-state index < -0.39 is 0 Å². The van der Waals surface area contributed by atoms with Gasteiger partial charge in [0, 0.05) is 42.9 Å². The fourth-order valence-corrected chi connectivity index (χ4v) is 3.33. The monoisotopic (exact) mass is 370 g/mol. The number of benzene rings is 1. The Morgan fingerprint density at radius 2 is 1.92 bits per heavy atom. The Labute approximate surface area is 158 Å². The summed E-state index contributed by atoms with van der Waals surface area (Å²) in [5.41, 5.74) is 1.87. The van der Waals surface area contributed by atoms with E-state index in [0.29, 0.717) is 17.6 Å². The van der Waals surface area contributed by atoms with Crippen molar-refractivity contribution in [2.75, 3.05) is 18.0 Å². The maximum Gasteiger partial charge on any atom is 0.253 e. The molecule has 1 aliphatic heterocycles. The lowest BCUT2D eigenvalue weighted by atomic mass is 10.2.